The maximum atomic E-state index is 12.4. The molecule has 4 rings (SSSR count). The van der Waals surface area contributed by atoms with E-state index in [0.717, 1.165) is 11.3 Å². The lowest BCUT2D eigenvalue weighted by Gasteiger charge is -2.35. The minimum absolute atomic E-state index is 0.182. The first-order valence-corrected chi connectivity index (χ1v) is 12.7. The van der Waals surface area contributed by atoms with Gasteiger partial charge in [0.25, 0.3) is 10.2 Å². The minimum atomic E-state index is -3.88. The summed E-state index contributed by atoms with van der Waals surface area (Å²) in [5.41, 5.74) is 2.65. The van der Waals surface area contributed by atoms with E-state index in [4.69, 9.17) is 19.4 Å². The van der Waals surface area contributed by atoms with Crippen LogP contribution in [0.5, 0.6) is 5.75 Å². The van der Waals surface area contributed by atoms with Crippen LogP contribution in [0.1, 0.15) is 28.6 Å². The van der Waals surface area contributed by atoms with Crippen molar-refractivity contribution in [2.45, 2.75) is 13.0 Å². The molecular weight excluding hydrogens is 502 g/mol. The summed E-state index contributed by atoms with van der Waals surface area (Å²) in [5, 5.41) is 18.7. The number of methoxy groups -OCH3 is 1. The van der Waals surface area contributed by atoms with Crippen LogP contribution in [0.2, 0.25) is 0 Å². The lowest BCUT2D eigenvalue weighted by atomic mass is 10.1. The number of piperazine rings is 1. The Labute approximate surface area is 213 Å². The van der Waals surface area contributed by atoms with Gasteiger partial charge in [0.2, 0.25) is 5.76 Å². The van der Waals surface area contributed by atoms with Gasteiger partial charge in [-0.25, -0.2) is 4.79 Å². The van der Waals surface area contributed by atoms with Crippen molar-refractivity contribution in [1.82, 2.24) is 9.03 Å². The molecule has 0 spiro atoms. The van der Waals surface area contributed by atoms with Crippen molar-refractivity contribution in [3.8, 4) is 17.6 Å². The van der Waals surface area contributed by atoms with E-state index in [1.54, 1.807) is 12.1 Å². The highest BCUT2D eigenvalue weighted by molar-refractivity contribution is 7.87. The summed E-state index contributed by atoms with van der Waals surface area (Å²) < 4.78 is 38.9. The standard InChI is InChI=1S/C25H25N3O8S/c1-16(24(29)30)26-37(33,34)28-11-9-27(10-12-28)20-7-5-17(6-8-20)3-4-18-13-19-15-22(25(31)32)36-23(19)21(14-18)35-2/h5-8,13-16,26H,9-12H2,1-2H3,(H,29,30)(H,31,32)/t16-/m1/s1. The lowest BCUT2D eigenvalue weighted by Crippen LogP contribution is -2.54. The van der Waals surface area contributed by atoms with Gasteiger partial charge < -0.3 is 24.3 Å². The van der Waals surface area contributed by atoms with Gasteiger partial charge in [0.05, 0.1) is 7.11 Å². The van der Waals surface area contributed by atoms with E-state index < -0.39 is 28.2 Å². The Morgan fingerprint density at radius 1 is 1.03 bits per heavy atom. The van der Waals surface area contributed by atoms with E-state index in [0.29, 0.717) is 35.4 Å². The number of aromatic carboxylic acids is 1. The van der Waals surface area contributed by atoms with E-state index in [1.165, 1.54) is 24.4 Å². The molecule has 0 radical (unpaired) electrons. The average molecular weight is 528 g/mol. The van der Waals surface area contributed by atoms with E-state index in [2.05, 4.69) is 16.6 Å². The Balaban J connectivity index is 1.43. The number of hydrogen-bond acceptors (Lipinski definition) is 7. The fraction of sp³-hybridized carbons (Fsp3) is 0.280. The van der Waals surface area contributed by atoms with Gasteiger partial charge in [0, 0.05) is 48.4 Å². The molecule has 12 heteroatoms. The van der Waals surface area contributed by atoms with Crippen LogP contribution < -0.4 is 14.4 Å². The van der Waals surface area contributed by atoms with Gasteiger partial charge in [-0.3, -0.25) is 4.79 Å². The number of carboxylic acid groups (broad SMARTS) is 2. The Morgan fingerprint density at radius 3 is 2.27 bits per heavy atom. The first-order valence-electron chi connectivity index (χ1n) is 11.3. The monoisotopic (exact) mass is 527 g/mol. The van der Waals surface area contributed by atoms with Gasteiger partial charge in [-0.15, -0.1) is 0 Å². The average Bonchev–Trinajstić information content (AvgIpc) is 3.32. The molecule has 3 N–H and O–H groups in total. The number of anilines is 1. The second-order valence-electron chi connectivity index (χ2n) is 8.38. The number of nitrogens with zero attached hydrogens (tertiary/aromatic N) is 2. The molecule has 1 aliphatic heterocycles. The topological polar surface area (TPSA) is 150 Å². The third-order valence-corrected chi connectivity index (χ3v) is 7.57. The quantitative estimate of drug-likeness (QED) is 0.392. The minimum Gasteiger partial charge on any atom is -0.493 e. The van der Waals surface area contributed by atoms with Crippen LogP contribution >= 0.6 is 0 Å². The van der Waals surface area contributed by atoms with Crippen LogP contribution in [-0.4, -0.2) is 74.2 Å². The number of rotatable bonds is 7. The highest BCUT2D eigenvalue weighted by Gasteiger charge is 2.29. The Morgan fingerprint density at radius 2 is 1.68 bits per heavy atom. The fourth-order valence-electron chi connectivity index (χ4n) is 3.88. The van der Waals surface area contributed by atoms with Crippen LogP contribution in [0.3, 0.4) is 0 Å². The first-order chi connectivity index (χ1) is 17.6. The third-order valence-electron chi connectivity index (χ3n) is 5.87. The van der Waals surface area contributed by atoms with Crippen molar-refractivity contribution in [2.24, 2.45) is 0 Å². The molecule has 0 saturated carbocycles. The molecule has 0 aliphatic carbocycles. The molecule has 3 aromatic rings. The number of aliphatic carboxylic acids is 1. The molecule has 0 amide bonds. The van der Waals surface area contributed by atoms with Gasteiger partial charge in [0.1, 0.15) is 6.04 Å². The summed E-state index contributed by atoms with van der Waals surface area (Å²) in [7, 11) is -2.41. The van der Waals surface area contributed by atoms with Crippen molar-refractivity contribution in [3.63, 3.8) is 0 Å². The number of carbonyl (C=O) groups is 2. The van der Waals surface area contributed by atoms with Crippen molar-refractivity contribution >= 4 is 38.8 Å². The first kappa shape index (κ1) is 26.0. The van der Waals surface area contributed by atoms with E-state index >= 15 is 0 Å². The summed E-state index contributed by atoms with van der Waals surface area (Å²) in [5.74, 6) is 3.93. The van der Waals surface area contributed by atoms with E-state index in [9.17, 15) is 18.0 Å². The molecule has 11 nitrogen and oxygen atoms in total. The molecule has 1 fully saturated rings. The van der Waals surface area contributed by atoms with Gasteiger partial charge in [-0.2, -0.15) is 17.4 Å². The predicted molar refractivity (Wildman–Crippen MR) is 135 cm³/mol. The van der Waals surface area contributed by atoms with E-state index in [-0.39, 0.29) is 18.8 Å². The van der Waals surface area contributed by atoms with Gasteiger partial charge in [-0.1, -0.05) is 11.8 Å². The van der Waals surface area contributed by atoms with Crippen molar-refractivity contribution in [3.05, 3.63) is 59.4 Å². The SMILES string of the molecule is COc1cc(C#Cc2ccc(N3CCN(S(=O)(=O)N[C@H](C)C(=O)O)CC3)cc2)cc2cc(C(=O)O)oc12. The summed E-state index contributed by atoms with van der Waals surface area (Å²) in [6.45, 7) is 2.64. The molecule has 37 heavy (non-hydrogen) atoms. The summed E-state index contributed by atoms with van der Waals surface area (Å²) in [4.78, 5) is 24.2. The maximum absolute atomic E-state index is 12.4. The van der Waals surface area contributed by atoms with Crippen molar-refractivity contribution in [2.75, 3.05) is 38.2 Å². The van der Waals surface area contributed by atoms with Gasteiger partial charge in [0.15, 0.2) is 11.3 Å². The normalized spacial score (nSPS) is 15.1. The Kier molecular flexibility index (Phi) is 7.40. The molecule has 1 saturated heterocycles. The molecular formula is C25H25N3O8S. The largest absolute Gasteiger partial charge is 0.493 e. The van der Waals surface area contributed by atoms with Crippen molar-refractivity contribution < 1.29 is 37.4 Å². The zero-order valence-corrected chi connectivity index (χ0v) is 20.9. The molecule has 0 bridgehead atoms. The fourth-order valence-corrected chi connectivity index (χ4v) is 5.23. The Bertz CT molecular complexity index is 1490. The van der Waals surface area contributed by atoms with Crippen molar-refractivity contribution in [1.29, 1.82) is 0 Å². The zero-order chi connectivity index (χ0) is 26.7. The predicted octanol–water partition coefficient (Wildman–Crippen LogP) is 1.97. The van der Waals surface area contributed by atoms with Crippen LogP contribution in [0.15, 0.2) is 46.9 Å². The summed E-state index contributed by atoms with van der Waals surface area (Å²) >= 11 is 0. The van der Waals surface area contributed by atoms with Crippen LogP contribution in [0.4, 0.5) is 5.69 Å². The third kappa shape index (κ3) is 5.86. The number of hydrogen-bond donors (Lipinski definition) is 3. The molecule has 1 atom stereocenters. The smallest absolute Gasteiger partial charge is 0.371 e. The maximum Gasteiger partial charge on any atom is 0.371 e. The second kappa shape index (κ2) is 10.5. The molecule has 1 aromatic heterocycles. The highest BCUT2D eigenvalue weighted by atomic mass is 32.2. The highest BCUT2D eigenvalue weighted by Crippen LogP contribution is 2.30. The number of carboxylic acids is 2. The number of ether oxygens (including phenoxy) is 1. The summed E-state index contributed by atoms with van der Waals surface area (Å²) in [6.07, 6.45) is 0. The number of benzene rings is 2. The summed E-state index contributed by atoms with van der Waals surface area (Å²) in [6, 6.07) is 11.1. The number of nitrogens with one attached hydrogen (secondary N) is 1. The van der Waals surface area contributed by atoms with Gasteiger partial charge >= 0.3 is 11.9 Å². The molecule has 194 valence electrons. The lowest BCUT2D eigenvalue weighted by molar-refractivity contribution is -0.138. The second-order valence-corrected chi connectivity index (χ2v) is 10.1. The van der Waals surface area contributed by atoms with Crippen LogP contribution in [0.25, 0.3) is 11.0 Å². The zero-order valence-electron chi connectivity index (χ0n) is 20.1. The molecule has 2 heterocycles. The molecule has 1 aliphatic rings. The van der Waals surface area contributed by atoms with Crippen LogP contribution in [-0.2, 0) is 15.0 Å². The van der Waals surface area contributed by atoms with E-state index in [1.807, 2.05) is 29.2 Å². The van der Waals surface area contributed by atoms with Crippen LogP contribution in [0, 0.1) is 11.8 Å². The Hall–Kier alpha value is -4.05. The number of fused-ring (bicyclic) bond motifs is 1. The molecule has 0 unspecified atom stereocenters. The van der Waals surface area contributed by atoms with Gasteiger partial charge in [-0.05, 0) is 49.4 Å². The molecule has 2 aromatic carbocycles. The number of furan rings is 1.